The van der Waals surface area contributed by atoms with Crippen LogP contribution in [-0.2, 0) is 0 Å². The number of carbonyl (C=O) groups excluding carboxylic acids is 1. The summed E-state index contributed by atoms with van der Waals surface area (Å²) in [5.41, 5.74) is 0.815. The first-order valence-corrected chi connectivity index (χ1v) is 9.96. The molecule has 0 radical (unpaired) electrons. The van der Waals surface area contributed by atoms with Crippen LogP contribution < -0.4 is 10.4 Å². The maximum absolute atomic E-state index is 12.1. The highest BCUT2D eigenvalue weighted by atomic mass is 32.2. The van der Waals surface area contributed by atoms with Gasteiger partial charge in [-0.25, -0.2) is 14.6 Å². The van der Waals surface area contributed by atoms with Crippen LogP contribution in [0.4, 0.5) is 4.79 Å². The minimum atomic E-state index is -0.421. The van der Waals surface area contributed by atoms with Gasteiger partial charge in [0.2, 0.25) is 5.89 Å². The first-order chi connectivity index (χ1) is 13.2. The molecule has 0 spiro atoms. The number of rotatable bonds is 3. The van der Waals surface area contributed by atoms with E-state index < -0.39 is 5.63 Å². The smallest absolute Gasteiger partial charge is 0.372 e. The highest BCUT2D eigenvalue weighted by Crippen LogP contribution is 2.30. The predicted molar refractivity (Wildman–Crippen MR) is 106 cm³/mol. The summed E-state index contributed by atoms with van der Waals surface area (Å²) >= 11 is 1.29. The number of nitrogens with zero attached hydrogens (tertiary/aromatic N) is 1. The fourth-order valence-corrected chi connectivity index (χ4v) is 4.23. The average molecular weight is 381 g/mol. The van der Waals surface area contributed by atoms with Crippen LogP contribution in [0.5, 0.6) is 5.75 Å². The number of hydrogen-bond acceptors (Lipinski definition) is 6. The van der Waals surface area contributed by atoms with E-state index in [1.54, 1.807) is 42.5 Å². The Bertz CT molecular complexity index is 1010. The second-order valence-electron chi connectivity index (χ2n) is 6.58. The number of fused-ring (bicyclic) bond motifs is 1. The minimum Gasteiger partial charge on any atom is -0.418 e. The van der Waals surface area contributed by atoms with Crippen LogP contribution >= 0.6 is 11.8 Å². The van der Waals surface area contributed by atoms with Crippen molar-refractivity contribution in [2.75, 3.05) is 0 Å². The zero-order valence-electron chi connectivity index (χ0n) is 14.7. The summed E-state index contributed by atoms with van der Waals surface area (Å²) in [6.45, 7) is 0. The van der Waals surface area contributed by atoms with E-state index in [2.05, 4.69) is 4.98 Å². The number of benzene rings is 2. The van der Waals surface area contributed by atoms with Gasteiger partial charge in [-0.15, -0.1) is 0 Å². The normalized spacial score (nSPS) is 15.0. The van der Waals surface area contributed by atoms with E-state index in [-0.39, 0.29) is 11.2 Å². The molecule has 1 fully saturated rings. The fraction of sp³-hybridized carbons (Fsp3) is 0.286. The Kier molecular flexibility index (Phi) is 5.25. The largest absolute Gasteiger partial charge is 0.418 e. The molecular weight excluding hydrogens is 362 g/mol. The monoisotopic (exact) mass is 381 g/mol. The number of carbonyl (C=O) groups is 1. The van der Waals surface area contributed by atoms with Crippen LogP contribution in [0.1, 0.15) is 32.1 Å². The van der Waals surface area contributed by atoms with Crippen LogP contribution in [0, 0.1) is 0 Å². The molecule has 1 saturated carbocycles. The van der Waals surface area contributed by atoms with Gasteiger partial charge in [0, 0.05) is 10.8 Å². The summed E-state index contributed by atoms with van der Waals surface area (Å²) in [7, 11) is 0. The van der Waals surface area contributed by atoms with E-state index in [4.69, 9.17) is 9.15 Å². The van der Waals surface area contributed by atoms with Crippen LogP contribution in [0.25, 0.3) is 22.4 Å². The van der Waals surface area contributed by atoms with Gasteiger partial charge in [-0.1, -0.05) is 31.4 Å². The van der Waals surface area contributed by atoms with Crippen molar-refractivity contribution in [3.8, 4) is 17.2 Å². The molecule has 3 aromatic rings. The second kappa shape index (κ2) is 7.96. The molecule has 27 heavy (non-hydrogen) atoms. The van der Waals surface area contributed by atoms with Crippen molar-refractivity contribution in [3.63, 3.8) is 0 Å². The molecule has 1 aliphatic carbocycles. The molecule has 0 aliphatic heterocycles. The molecule has 138 valence electrons. The zero-order chi connectivity index (χ0) is 18.6. The first kappa shape index (κ1) is 17.8. The van der Waals surface area contributed by atoms with Gasteiger partial charge in [-0.3, -0.25) is 0 Å². The van der Waals surface area contributed by atoms with Crippen molar-refractivity contribution in [2.24, 2.45) is 0 Å². The third kappa shape index (κ3) is 4.22. The number of hydrogen-bond donors (Lipinski definition) is 0. The van der Waals surface area contributed by atoms with Crippen LogP contribution in [-0.4, -0.2) is 15.5 Å². The van der Waals surface area contributed by atoms with E-state index in [1.807, 2.05) is 6.07 Å². The van der Waals surface area contributed by atoms with Crippen molar-refractivity contribution < 1.29 is 13.9 Å². The first-order valence-electron chi connectivity index (χ1n) is 9.08. The van der Waals surface area contributed by atoms with E-state index in [1.165, 1.54) is 31.0 Å². The molecule has 1 aromatic heterocycles. The Labute approximate surface area is 160 Å². The van der Waals surface area contributed by atoms with Crippen LogP contribution in [0.2, 0.25) is 0 Å². The van der Waals surface area contributed by atoms with Gasteiger partial charge in [0.05, 0.1) is 10.9 Å². The molecule has 0 N–H and O–H groups in total. The Morgan fingerprint density at radius 1 is 1.04 bits per heavy atom. The third-order valence-corrected chi connectivity index (χ3v) is 5.73. The second-order valence-corrected chi connectivity index (χ2v) is 7.81. The topological polar surface area (TPSA) is 69.4 Å². The Morgan fingerprint density at radius 2 is 1.78 bits per heavy atom. The summed E-state index contributed by atoms with van der Waals surface area (Å²) in [6.07, 6.45) is 5.77. The van der Waals surface area contributed by atoms with Gasteiger partial charge in [-0.05, 0) is 61.0 Å². The molecule has 5 nitrogen and oxygen atoms in total. The van der Waals surface area contributed by atoms with Gasteiger partial charge in [0.15, 0.2) is 0 Å². The Morgan fingerprint density at radius 3 is 2.56 bits per heavy atom. The summed E-state index contributed by atoms with van der Waals surface area (Å²) in [5.74, 6) is 0.711. The van der Waals surface area contributed by atoms with E-state index in [0.29, 0.717) is 27.5 Å². The zero-order valence-corrected chi connectivity index (χ0v) is 15.5. The number of ether oxygens (including phenoxy) is 1. The number of aromatic nitrogens is 1. The van der Waals surface area contributed by atoms with E-state index in [9.17, 15) is 9.59 Å². The number of para-hydroxylation sites is 1. The standard InChI is InChI=1S/C21H19NO4S/c23-20-17-8-4-5-9-18(17)22-19(26-20)14-10-12-15(13-11-14)25-21(24)27-16-6-2-1-3-7-16/h4-5,8-13,16H,1-3,6-7H2. The van der Waals surface area contributed by atoms with Crippen molar-refractivity contribution in [1.29, 1.82) is 0 Å². The molecule has 1 aliphatic rings. The lowest BCUT2D eigenvalue weighted by molar-refractivity contribution is 0.227. The van der Waals surface area contributed by atoms with Gasteiger partial charge in [-0.2, -0.15) is 0 Å². The number of thioether (sulfide) groups is 1. The maximum Gasteiger partial charge on any atom is 0.372 e. The van der Waals surface area contributed by atoms with Gasteiger partial charge >= 0.3 is 10.9 Å². The van der Waals surface area contributed by atoms with Crippen molar-refractivity contribution in [2.45, 2.75) is 37.4 Å². The third-order valence-electron chi connectivity index (χ3n) is 4.65. The highest BCUT2D eigenvalue weighted by molar-refractivity contribution is 8.13. The molecule has 0 bridgehead atoms. The molecule has 0 saturated heterocycles. The summed E-state index contributed by atoms with van der Waals surface area (Å²) in [4.78, 5) is 28.6. The van der Waals surface area contributed by atoms with E-state index in [0.717, 1.165) is 12.8 Å². The average Bonchev–Trinajstić information content (AvgIpc) is 2.69. The lowest BCUT2D eigenvalue weighted by atomic mass is 10.0. The van der Waals surface area contributed by atoms with Gasteiger partial charge in [0.25, 0.3) is 0 Å². The lowest BCUT2D eigenvalue weighted by Crippen LogP contribution is -2.13. The molecular formula is C21H19NO4S. The van der Waals surface area contributed by atoms with Crippen LogP contribution in [0.15, 0.2) is 57.7 Å². The summed E-state index contributed by atoms with van der Waals surface area (Å²) < 4.78 is 10.7. The van der Waals surface area contributed by atoms with Crippen molar-refractivity contribution in [3.05, 3.63) is 59.0 Å². The molecule has 2 aromatic carbocycles. The quantitative estimate of drug-likeness (QED) is 0.564. The summed E-state index contributed by atoms with van der Waals surface area (Å²) in [5, 5.41) is 0.540. The summed E-state index contributed by atoms with van der Waals surface area (Å²) in [6, 6.07) is 13.9. The molecule has 4 rings (SSSR count). The van der Waals surface area contributed by atoms with Crippen molar-refractivity contribution in [1.82, 2.24) is 4.98 Å². The molecule has 0 unspecified atom stereocenters. The molecule has 1 heterocycles. The Hall–Kier alpha value is -2.60. The SMILES string of the molecule is O=C(Oc1ccc(-c2nc3ccccc3c(=O)o2)cc1)SC1CCCCC1. The Balaban J connectivity index is 1.47. The molecule has 6 heteroatoms. The van der Waals surface area contributed by atoms with Crippen molar-refractivity contribution >= 4 is 28.0 Å². The highest BCUT2D eigenvalue weighted by Gasteiger charge is 2.19. The fourth-order valence-electron chi connectivity index (χ4n) is 3.25. The van der Waals surface area contributed by atoms with E-state index >= 15 is 0 Å². The molecule has 0 amide bonds. The maximum atomic E-state index is 12.1. The lowest BCUT2D eigenvalue weighted by Gasteiger charge is -2.19. The minimum absolute atomic E-state index is 0.244. The van der Waals surface area contributed by atoms with Crippen LogP contribution in [0.3, 0.4) is 0 Å². The van der Waals surface area contributed by atoms with Gasteiger partial charge in [0.1, 0.15) is 5.75 Å². The van der Waals surface area contributed by atoms with Gasteiger partial charge < -0.3 is 9.15 Å². The predicted octanol–water partition coefficient (Wildman–Crippen LogP) is 5.42. The molecule has 0 atom stereocenters.